The standard InChI is InChI=1S/C18H27Cl2N/c1-18(2,3)15-5-4-12(11-21)13(9-15)8-14-10-16(19)6-7-17(14)20/h6-7,10,12-13,15H,4-5,8-9,11,21H2,1-3H3. The van der Waals surface area contributed by atoms with Crippen molar-refractivity contribution in [1.82, 2.24) is 0 Å². The molecule has 0 aliphatic heterocycles. The van der Waals surface area contributed by atoms with E-state index in [2.05, 4.69) is 20.8 Å². The lowest BCUT2D eigenvalue weighted by Crippen LogP contribution is -2.36. The van der Waals surface area contributed by atoms with Gasteiger partial charge in [-0.2, -0.15) is 0 Å². The Morgan fingerprint density at radius 1 is 1.14 bits per heavy atom. The van der Waals surface area contributed by atoms with E-state index in [-0.39, 0.29) is 0 Å². The Morgan fingerprint density at radius 2 is 1.86 bits per heavy atom. The fraction of sp³-hybridized carbons (Fsp3) is 0.667. The van der Waals surface area contributed by atoms with Gasteiger partial charge in [-0.15, -0.1) is 0 Å². The fourth-order valence-corrected chi connectivity index (χ4v) is 4.05. The van der Waals surface area contributed by atoms with Crippen molar-refractivity contribution in [3.8, 4) is 0 Å². The summed E-state index contributed by atoms with van der Waals surface area (Å²) in [4.78, 5) is 0. The maximum atomic E-state index is 6.34. The Labute approximate surface area is 139 Å². The SMILES string of the molecule is CC(C)(C)C1CCC(CN)C(Cc2cc(Cl)ccc2Cl)C1. The van der Waals surface area contributed by atoms with E-state index in [0.717, 1.165) is 28.9 Å². The summed E-state index contributed by atoms with van der Waals surface area (Å²) in [6.07, 6.45) is 4.77. The summed E-state index contributed by atoms with van der Waals surface area (Å²) in [6.45, 7) is 7.83. The van der Waals surface area contributed by atoms with E-state index in [1.165, 1.54) is 24.8 Å². The molecule has 0 aromatic heterocycles. The topological polar surface area (TPSA) is 26.0 Å². The Kier molecular flexibility index (Phi) is 5.62. The van der Waals surface area contributed by atoms with Gasteiger partial charge in [-0.05, 0) is 79.2 Å². The second-order valence-corrected chi connectivity index (χ2v) is 8.42. The third-order valence-electron chi connectivity index (χ3n) is 5.16. The van der Waals surface area contributed by atoms with Crippen molar-refractivity contribution in [1.29, 1.82) is 0 Å². The van der Waals surface area contributed by atoms with E-state index in [1.54, 1.807) is 0 Å². The van der Waals surface area contributed by atoms with Crippen LogP contribution in [0.4, 0.5) is 0 Å². The molecule has 1 aromatic carbocycles. The van der Waals surface area contributed by atoms with Crippen molar-refractivity contribution < 1.29 is 0 Å². The molecule has 1 aromatic rings. The quantitative estimate of drug-likeness (QED) is 0.771. The van der Waals surface area contributed by atoms with Gasteiger partial charge in [0.25, 0.3) is 0 Å². The minimum absolute atomic E-state index is 0.371. The molecule has 1 aliphatic carbocycles. The van der Waals surface area contributed by atoms with E-state index in [1.807, 2.05) is 18.2 Å². The molecule has 0 bridgehead atoms. The second-order valence-electron chi connectivity index (χ2n) is 7.57. The molecule has 118 valence electrons. The molecule has 3 unspecified atom stereocenters. The van der Waals surface area contributed by atoms with Gasteiger partial charge in [-0.1, -0.05) is 44.0 Å². The third-order valence-corrected chi connectivity index (χ3v) is 5.76. The molecule has 0 amide bonds. The minimum atomic E-state index is 0.371. The van der Waals surface area contributed by atoms with Gasteiger partial charge in [0.05, 0.1) is 0 Å². The van der Waals surface area contributed by atoms with Gasteiger partial charge in [0.2, 0.25) is 0 Å². The minimum Gasteiger partial charge on any atom is -0.330 e. The van der Waals surface area contributed by atoms with E-state index in [9.17, 15) is 0 Å². The summed E-state index contributed by atoms with van der Waals surface area (Å²) in [7, 11) is 0. The lowest BCUT2D eigenvalue weighted by molar-refractivity contribution is 0.101. The van der Waals surface area contributed by atoms with Gasteiger partial charge >= 0.3 is 0 Å². The molecule has 3 atom stereocenters. The van der Waals surface area contributed by atoms with E-state index >= 15 is 0 Å². The molecule has 21 heavy (non-hydrogen) atoms. The molecule has 0 spiro atoms. The lowest BCUT2D eigenvalue weighted by Gasteiger charge is -2.42. The van der Waals surface area contributed by atoms with Crippen LogP contribution in [0.15, 0.2) is 18.2 Å². The van der Waals surface area contributed by atoms with E-state index in [4.69, 9.17) is 28.9 Å². The Morgan fingerprint density at radius 3 is 2.48 bits per heavy atom. The highest BCUT2D eigenvalue weighted by atomic mass is 35.5. The first-order valence-electron chi connectivity index (χ1n) is 7.95. The number of hydrogen-bond donors (Lipinski definition) is 1. The van der Waals surface area contributed by atoms with Crippen LogP contribution in [0, 0.1) is 23.2 Å². The molecule has 2 rings (SSSR count). The first-order valence-corrected chi connectivity index (χ1v) is 8.71. The molecule has 1 aliphatic rings. The summed E-state index contributed by atoms with van der Waals surface area (Å²) in [5.41, 5.74) is 7.55. The van der Waals surface area contributed by atoms with Crippen molar-refractivity contribution in [3.05, 3.63) is 33.8 Å². The number of benzene rings is 1. The van der Waals surface area contributed by atoms with Crippen molar-refractivity contribution in [2.45, 2.75) is 46.5 Å². The molecular weight excluding hydrogens is 301 g/mol. The average molecular weight is 328 g/mol. The van der Waals surface area contributed by atoms with Gasteiger partial charge in [-0.25, -0.2) is 0 Å². The highest BCUT2D eigenvalue weighted by Crippen LogP contribution is 2.44. The predicted molar refractivity (Wildman–Crippen MR) is 93.0 cm³/mol. The van der Waals surface area contributed by atoms with Crippen molar-refractivity contribution in [3.63, 3.8) is 0 Å². The van der Waals surface area contributed by atoms with Gasteiger partial charge in [-0.3, -0.25) is 0 Å². The Hall–Kier alpha value is -0.240. The van der Waals surface area contributed by atoms with Crippen LogP contribution in [-0.4, -0.2) is 6.54 Å². The highest BCUT2D eigenvalue weighted by Gasteiger charge is 2.35. The molecular formula is C18H27Cl2N. The average Bonchev–Trinajstić information content (AvgIpc) is 2.42. The molecule has 0 saturated heterocycles. The molecule has 1 nitrogen and oxygen atoms in total. The zero-order valence-corrected chi connectivity index (χ0v) is 14.8. The van der Waals surface area contributed by atoms with Gasteiger partial charge in [0, 0.05) is 10.0 Å². The van der Waals surface area contributed by atoms with Crippen LogP contribution in [0.25, 0.3) is 0 Å². The van der Waals surface area contributed by atoms with Crippen molar-refractivity contribution in [2.75, 3.05) is 6.54 Å². The smallest absolute Gasteiger partial charge is 0.0439 e. The molecule has 0 heterocycles. The van der Waals surface area contributed by atoms with Crippen LogP contribution >= 0.6 is 23.2 Å². The molecule has 1 saturated carbocycles. The zero-order valence-electron chi connectivity index (χ0n) is 13.3. The maximum absolute atomic E-state index is 6.34. The summed E-state index contributed by atoms with van der Waals surface area (Å²) in [5, 5.41) is 1.59. The monoisotopic (exact) mass is 327 g/mol. The normalized spacial score (nSPS) is 26.9. The number of hydrogen-bond acceptors (Lipinski definition) is 1. The number of rotatable bonds is 3. The zero-order chi connectivity index (χ0) is 15.6. The van der Waals surface area contributed by atoms with Crippen molar-refractivity contribution in [2.24, 2.45) is 28.9 Å². The third kappa shape index (κ3) is 4.37. The van der Waals surface area contributed by atoms with Crippen LogP contribution in [0.5, 0.6) is 0 Å². The van der Waals surface area contributed by atoms with Crippen LogP contribution in [0.1, 0.15) is 45.6 Å². The van der Waals surface area contributed by atoms with Crippen molar-refractivity contribution >= 4 is 23.2 Å². The molecule has 2 N–H and O–H groups in total. The highest BCUT2D eigenvalue weighted by molar-refractivity contribution is 6.33. The first kappa shape index (κ1) is 17.1. The number of nitrogens with two attached hydrogens (primary N) is 1. The summed E-state index contributed by atoms with van der Waals surface area (Å²) in [6, 6.07) is 5.77. The molecule has 3 heteroatoms. The first-order chi connectivity index (χ1) is 9.81. The van der Waals surface area contributed by atoms with Gasteiger partial charge in [0.15, 0.2) is 0 Å². The molecule has 0 radical (unpaired) electrons. The van der Waals surface area contributed by atoms with Crippen LogP contribution in [0.2, 0.25) is 10.0 Å². The fourth-order valence-electron chi connectivity index (χ4n) is 3.66. The summed E-state index contributed by atoms with van der Waals surface area (Å²) < 4.78 is 0. The lowest BCUT2D eigenvalue weighted by atomic mass is 9.64. The Balaban J connectivity index is 2.16. The van der Waals surface area contributed by atoms with Gasteiger partial charge < -0.3 is 5.73 Å². The largest absolute Gasteiger partial charge is 0.330 e. The maximum Gasteiger partial charge on any atom is 0.0439 e. The predicted octanol–water partition coefficient (Wildman–Crippen LogP) is 5.57. The second kappa shape index (κ2) is 6.89. The Bertz CT molecular complexity index is 479. The summed E-state index contributed by atoms with van der Waals surface area (Å²) in [5.74, 6) is 1.99. The van der Waals surface area contributed by atoms with Crippen LogP contribution in [0.3, 0.4) is 0 Å². The summed E-state index contributed by atoms with van der Waals surface area (Å²) >= 11 is 12.5. The van der Waals surface area contributed by atoms with E-state index in [0.29, 0.717) is 17.3 Å². The van der Waals surface area contributed by atoms with Crippen LogP contribution in [-0.2, 0) is 6.42 Å². The van der Waals surface area contributed by atoms with Crippen LogP contribution < -0.4 is 5.73 Å². The number of halogens is 2. The van der Waals surface area contributed by atoms with E-state index < -0.39 is 0 Å². The molecule has 1 fully saturated rings. The van der Waals surface area contributed by atoms with Gasteiger partial charge in [0.1, 0.15) is 0 Å².